The number of nitrogens with two attached hydrogens (primary N) is 1. The summed E-state index contributed by atoms with van der Waals surface area (Å²) < 4.78 is 4.74. The van der Waals surface area contributed by atoms with Crippen molar-refractivity contribution in [3.63, 3.8) is 0 Å². The Morgan fingerprint density at radius 1 is 1.35 bits per heavy atom. The average molecular weight is 290 g/mol. The van der Waals surface area contributed by atoms with Crippen LogP contribution in [0.1, 0.15) is 10.4 Å². The Morgan fingerprint density at radius 3 is 2.80 bits per heavy atom. The van der Waals surface area contributed by atoms with Gasteiger partial charge in [0.15, 0.2) is 5.16 Å². The maximum Gasteiger partial charge on any atom is 0.339 e. The molecule has 0 aliphatic rings. The Morgan fingerprint density at radius 2 is 2.10 bits per heavy atom. The number of carbonyl (C=O) groups excluding carboxylic acids is 1. The molecule has 1 aromatic heterocycles. The monoisotopic (exact) mass is 290 g/mol. The quantitative estimate of drug-likeness (QED) is 0.507. The Kier molecular flexibility index (Phi) is 4.41. The van der Waals surface area contributed by atoms with Crippen LogP contribution < -0.4 is 11.1 Å². The number of thioether (sulfide) groups is 1. The van der Waals surface area contributed by atoms with E-state index in [0.29, 0.717) is 28.0 Å². The van der Waals surface area contributed by atoms with E-state index >= 15 is 0 Å². The molecule has 2 aromatic rings. The lowest BCUT2D eigenvalue weighted by atomic mass is 10.2. The SMILES string of the molecule is COC(=O)c1ccccc1Nc1cc(N)nc(SC)n1. The van der Waals surface area contributed by atoms with E-state index in [-0.39, 0.29) is 0 Å². The van der Waals surface area contributed by atoms with Crippen LogP contribution in [-0.2, 0) is 4.74 Å². The van der Waals surface area contributed by atoms with Gasteiger partial charge in [0, 0.05) is 6.07 Å². The minimum Gasteiger partial charge on any atom is -0.465 e. The summed E-state index contributed by atoms with van der Waals surface area (Å²) in [5.74, 6) is 0.473. The minimum atomic E-state index is -0.416. The fraction of sp³-hybridized carbons (Fsp3) is 0.154. The van der Waals surface area contributed by atoms with Crippen LogP contribution in [-0.4, -0.2) is 29.3 Å². The molecule has 3 N–H and O–H groups in total. The number of nitrogen functional groups attached to an aromatic ring is 1. The van der Waals surface area contributed by atoms with E-state index in [4.69, 9.17) is 10.5 Å². The topological polar surface area (TPSA) is 90.1 Å². The normalized spacial score (nSPS) is 10.1. The second-order valence-corrected chi connectivity index (χ2v) is 4.60. The van der Waals surface area contributed by atoms with Crippen molar-refractivity contribution in [1.29, 1.82) is 0 Å². The number of nitrogens with one attached hydrogen (secondary N) is 1. The molecule has 0 aliphatic carbocycles. The molecule has 0 atom stereocenters. The van der Waals surface area contributed by atoms with Gasteiger partial charge in [0.05, 0.1) is 18.4 Å². The van der Waals surface area contributed by atoms with Crippen LogP contribution in [0.2, 0.25) is 0 Å². The van der Waals surface area contributed by atoms with Gasteiger partial charge in [0.25, 0.3) is 0 Å². The zero-order valence-corrected chi connectivity index (χ0v) is 11.9. The summed E-state index contributed by atoms with van der Waals surface area (Å²) in [6, 6.07) is 8.62. The molecule has 6 nitrogen and oxygen atoms in total. The summed E-state index contributed by atoms with van der Waals surface area (Å²) in [6.07, 6.45) is 1.86. The van der Waals surface area contributed by atoms with Crippen molar-refractivity contribution in [2.24, 2.45) is 0 Å². The number of para-hydroxylation sites is 1. The van der Waals surface area contributed by atoms with Crippen molar-refractivity contribution < 1.29 is 9.53 Å². The predicted molar refractivity (Wildman–Crippen MR) is 79.3 cm³/mol. The number of esters is 1. The van der Waals surface area contributed by atoms with Gasteiger partial charge in [-0.3, -0.25) is 0 Å². The first kappa shape index (κ1) is 14.1. The smallest absolute Gasteiger partial charge is 0.339 e. The number of hydrogen-bond donors (Lipinski definition) is 2. The molecule has 0 amide bonds. The van der Waals surface area contributed by atoms with Gasteiger partial charge in [-0.2, -0.15) is 0 Å². The second-order valence-electron chi connectivity index (χ2n) is 3.83. The number of carbonyl (C=O) groups is 1. The van der Waals surface area contributed by atoms with Gasteiger partial charge in [-0.15, -0.1) is 0 Å². The maximum absolute atomic E-state index is 11.7. The van der Waals surface area contributed by atoms with E-state index in [2.05, 4.69) is 15.3 Å². The number of nitrogens with zero attached hydrogens (tertiary/aromatic N) is 2. The highest BCUT2D eigenvalue weighted by Gasteiger charge is 2.12. The van der Waals surface area contributed by atoms with Gasteiger partial charge in [-0.05, 0) is 18.4 Å². The lowest BCUT2D eigenvalue weighted by Gasteiger charge is -2.10. The number of hydrogen-bond acceptors (Lipinski definition) is 7. The zero-order chi connectivity index (χ0) is 14.5. The number of rotatable bonds is 4. The average Bonchev–Trinajstić information content (AvgIpc) is 2.46. The van der Waals surface area contributed by atoms with E-state index in [1.165, 1.54) is 18.9 Å². The van der Waals surface area contributed by atoms with E-state index in [1.807, 2.05) is 12.3 Å². The number of ether oxygens (including phenoxy) is 1. The Hall–Kier alpha value is -2.28. The van der Waals surface area contributed by atoms with Gasteiger partial charge in [0.1, 0.15) is 11.6 Å². The Bertz CT molecular complexity index is 634. The largest absolute Gasteiger partial charge is 0.465 e. The van der Waals surface area contributed by atoms with Crippen LogP contribution in [0.15, 0.2) is 35.5 Å². The lowest BCUT2D eigenvalue weighted by molar-refractivity contribution is 0.0602. The highest BCUT2D eigenvalue weighted by atomic mass is 32.2. The molecule has 1 heterocycles. The van der Waals surface area contributed by atoms with Crippen molar-refractivity contribution in [1.82, 2.24) is 9.97 Å². The van der Waals surface area contributed by atoms with Crippen molar-refractivity contribution in [3.8, 4) is 0 Å². The highest BCUT2D eigenvalue weighted by molar-refractivity contribution is 7.98. The molecule has 7 heteroatoms. The van der Waals surface area contributed by atoms with Gasteiger partial charge >= 0.3 is 5.97 Å². The Labute approximate surface area is 120 Å². The number of benzene rings is 1. The van der Waals surface area contributed by atoms with Crippen LogP contribution in [0.5, 0.6) is 0 Å². The third kappa shape index (κ3) is 3.18. The van der Waals surface area contributed by atoms with Crippen LogP contribution in [0.3, 0.4) is 0 Å². The van der Waals surface area contributed by atoms with Crippen molar-refractivity contribution >= 4 is 35.1 Å². The molecule has 0 fully saturated rings. The van der Waals surface area contributed by atoms with E-state index in [0.717, 1.165) is 0 Å². The molecule has 2 rings (SSSR count). The van der Waals surface area contributed by atoms with Crippen LogP contribution in [0, 0.1) is 0 Å². The van der Waals surface area contributed by atoms with Crippen molar-refractivity contribution in [2.45, 2.75) is 5.16 Å². The number of methoxy groups -OCH3 is 1. The van der Waals surface area contributed by atoms with Gasteiger partial charge in [-0.1, -0.05) is 23.9 Å². The van der Waals surface area contributed by atoms with E-state index in [9.17, 15) is 4.79 Å². The third-order valence-corrected chi connectivity index (χ3v) is 3.05. The summed E-state index contributed by atoms with van der Waals surface area (Å²) in [4.78, 5) is 20.0. The van der Waals surface area contributed by atoms with Crippen LogP contribution >= 0.6 is 11.8 Å². The standard InChI is InChI=1S/C13H14N4O2S/c1-19-12(18)8-5-3-4-6-9(8)15-11-7-10(14)16-13(17-11)20-2/h3-7H,1-2H3,(H3,14,15,16,17). The fourth-order valence-corrected chi connectivity index (χ4v) is 2.00. The molecule has 0 radical (unpaired) electrons. The molecular weight excluding hydrogens is 276 g/mol. The summed E-state index contributed by atoms with van der Waals surface area (Å²) in [6.45, 7) is 0. The summed E-state index contributed by atoms with van der Waals surface area (Å²) in [7, 11) is 1.34. The molecule has 104 valence electrons. The fourth-order valence-electron chi connectivity index (χ4n) is 1.62. The highest BCUT2D eigenvalue weighted by Crippen LogP contribution is 2.22. The number of anilines is 3. The molecule has 0 unspecified atom stereocenters. The first-order chi connectivity index (χ1) is 9.63. The summed E-state index contributed by atoms with van der Waals surface area (Å²) in [5.41, 5.74) is 6.75. The first-order valence-corrected chi connectivity index (χ1v) is 6.99. The predicted octanol–water partition coefficient (Wildman–Crippen LogP) is 2.31. The molecule has 0 spiro atoms. The summed E-state index contributed by atoms with van der Waals surface area (Å²) >= 11 is 1.39. The third-order valence-electron chi connectivity index (χ3n) is 2.50. The first-order valence-electron chi connectivity index (χ1n) is 5.77. The van der Waals surface area contributed by atoms with Crippen LogP contribution in [0.25, 0.3) is 0 Å². The van der Waals surface area contributed by atoms with Gasteiger partial charge in [0.2, 0.25) is 0 Å². The zero-order valence-electron chi connectivity index (χ0n) is 11.1. The van der Waals surface area contributed by atoms with Crippen LogP contribution in [0.4, 0.5) is 17.3 Å². The van der Waals surface area contributed by atoms with Crippen molar-refractivity contribution in [3.05, 3.63) is 35.9 Å². The minimum absolute atomic E-state index is 0.363. The molecule has 0 saturated carbocycles. The second kappa shape index (κ2) is 6.25. The van der Waals surface area contributed by atoms with Gasteiger partial charge < -0.3 is 15.8 Å². The maximum atomic E-state index is 11.7. The van der Waals surface area contributed by atoms with E-state index < -0.39 is 5.97 Å². The molecular formula is C13H14N4O2S. The van der Waals surface area contributed by atoms with Gasteiger partial charge in [-0.25, -0.2) is 14.8 Å². The molecule has 0 bridgehead atoms. The molecule has 20 heavy (non-hydrogen) atoms. The molecule has 1 aromatic carbocycles. The Balaban J connectivity index is 2.35. The number of aromatic nitrogens is 2. The van der Waals surface area contributed by atoms with Crippen molar-refractivity contribution in [2.75, 3.05) is 24.4 Å². The molecule has 0 aliphatic heterocycles. The lowest BCUT2D eigenvalue weighted by Crippen LogP contribution is -2.07. The van der Waals surface area contributed by atoms with E-state index in [1.54, 1.807) is 24.3 Å². The molecule has 0 saturated heterocycles. The summed E-state index contributed by atoms with van der Waals surface area (Å²) in [5, 5.41) is 3.62.